The first-order chi connectivity index (χ1) is 17.2. The van der Waals surface area contributed by atoms with E-state index in [1.54, 1.807) is 43.4 Å². The van der Waals surface area contributed by atoms with Gasteiger partial charge in [0.05, 0.1) is 22.3 Å². The number of hydrogen-bond acceptors (Lipinski definition) is 6. The van der Waals surface area contributed by atoms with Crippen LogP contribution in [0.2, 0.25) is 0 Å². The number of carbonyl (C=O) groups is 1. The molecule has 0 spiro atoms. The highest BCUT2D eigenvalue weighted by Gasteiger charge is 2.60. The second kappa shape index (κ2) is 7.63. The van der Waals surface area contributed by atoms with Gasteiger partial charge in [0.25, 0.3) is 11.8 Å². The number of aryl methyl sites for hydroxylation is 3. The molecule has 0 bridgehead atoms. The van der Waals surface area contributed by atoms with Crippen LogP contribution >= 0.6 is 0 Å². The number of benzene rings is 3. The minimum absolute atomic E-state index is 0.0558. The van der Waals surface area contributed by atoms with Crippen LogP contribution in [0.4, 0.5) is 11.4 Å². The third-order valence-corrected chi connectivity index (χ3v) is 7.11. The highest BCUT2D eigenvalue weighted by molar-refractivity contribution is 6.08. The lowest BCUT2D eigenvalue weighted by molar-refractivity contribution is -0.147. The molecular formula is C29H24N2O5. The molecule has 0 fully saturated rings. The van der Waals surface area contributed by atoms with Gasteiger partial charge in [0, 0.05) is 12.6 Å². The van der Waals surface area contributed by atoms with Crippen molar-refractivity contribution in [2.45, 2.75) is 32.5 Å². The Bertz CT molecular complexity index is 1670. The Kier molecular flexibility index (Phi) is 4.72. The molecule has 0 saturated carbocycles. The fraction of sp³-hybridized carbons (Fsp3) is 0.207. The molecule has 0 aliphatic carbocycles. The number of likely N-dealkylation sites (N-methyl/N-ethyl adjacent to an activating group) is 1. The highest BCUT2D eigenvalue weighted by atomic mass is 16.5. The summed E-state index contributed by atoms with van der Waals surface area (Å²) in [6.45, 7) is 5.74. The summed E-state index contributed by atoms with van der Waals surface area (Å²) in [5, 5.41) is 12.4. The Morgan fingerprint density at radius 1 is 0.972 bits per heavy atom. The SMILES string of the molecule is Cc1ccc2oc3c(c(=O)c2c1)[C@H]([C@@]1(O)C(=O)N(C)c2ccccc21)OC3=Nc1c(C)cccc1C. The summed E-state index contributed by atoms with van der Waals surface area (Å²) in [5.74, 6) is -0.408. The largest absolute Gasteiger partial charge is 0.462 e. The summed E-state index contributed by atoms with van der Waals surface area (Å²) in [5.41, 5.74) is 2.27. The molecule has 3 heterocycles. The van der Waals surface area contributed by atoms with Crippen molar-refractivity contribution in [2.24, 2.45) is 4.99 Å². The molecule has 0 radical (unpaired) electrons. The Morgan fingerprint density at radius 2 is 1.69 bits per heavy atom. The van der Waals surface area contributed by atoms with E-state index in [1.807, 2.05) is 45.0 Å². The van der Waals surface area contributed by atoms with Gasteiger partial charge in [0.2, 0.25) is 11.0 Å². The molecule has 0 saturated heterocycles. The van der Waals surface area contributed by atoms with Crippen molar-refractivity contribution >= 4 is 34.1 Å². The van der Waals surface area contributed by atoms with Crippen molar-refractivity contribution in [1.82, 2.24) is 0 Å². The van der Waals surface area contributed by atoms with Crippen molar-refractivity contribution in [3.63, 3.8) is 0 Å². The van der Waals surface area contributed by atoms with Gasteiger partial charge in [-0.25, -0.2) is 4.99 Å². The molecule has 1 aromatic heterocycles. The molecular weight excluding hydrogens is 456 g/mol. The molecule has 7 heteroatoms. The number of fused-ring (bicyclic) bond motifs is 3. The maximum atomic E-state index is 13.9. The Morgan fingerprint density at radius 3 is 2.44 bits per heavy atom. The number of carbonyl (C=O) groups excluding carboxylic acids is 1. The average Bonchev–Trinajstić information content (AvgIpc) is 3.32. The summed E-state index contributed by atoms with van der Waals surface area (Å²) in [4.78, 5) is 33.5. The summed E-state index contributed by atoms with van der Waals surface area (Å²) < 4.78 is 12.4. The fourth-order valence-electron chi connectivity index (χ4n) is 5.22. The van der Waals surface area contributed by atoms with Crippen LogP contribution in [0, 0.1) is 20.8 Å². The van der Waals surface area contributed by atoms with Gasteiger partial charge in [-0.3, -0.25) is 9.59 Å². The predicted molar refractivity (Wildman–Crippen MR) is 137 cm³/mol. The minimum Gasteiger partial charge on any atom is -0.462 e. The zero-order chi connectivity index (χ0) is 25.4. The molecule has 2 aliphatic rings. The van der Waals surface area contributed by atoms with Crippen LogP contribution in [0.25, 0.3) is 11.0 Å². The van der Waals surface area contributed by atoms with Crippen LogP contribution in [0.3, 0.4) is 0 Å². The number of rotatable bonds is 2. The molecule has 2 atom stereocenters. The Balaban J connectivity index is 1.66. The smallest absolute Gasteiger partial charge is 0.267 e. The molecule has 2 aliphatic heterocycles. The molecule has 1 amide bonds. The molecule has 1 N–H and O–H groups in total. The standard InChI is InChI=1S/C29H24N2O5/c1-15-12-13-21-18(14-15)24(32)22-25(35-21)27(30-23-16(2)8-7-9-17(23)3)36-26(22)29(34)19-10-5-6-11-20(19)31(4)28(29)33/h5-14,26,34H,1-4H3/t26-,29-/m1/s1. The topological polar surface area (TPSA) is 92.3 Å². The van der Waals surface area contributed by atoms with Crippen LogP contribution in [0.15, 0.2) is 74.9 Å². The van der Waals surface area contributed by atoms with E-state index in [2.05, 4.69) is 0 Å². The van der Waals surface area contributed by atoms with Gasteiger partial charge >= 0.3 is 0 Å². The van der Waals surface area contributed by atoms with E-state index >= 15 is 0 Å². The van der Waals surface area contributed by atoms with E-state index in [1.165, 1.54) is 4.90 Å². The number of aliphatic hydroxyl groups is 1. The maximum absolute atomic E-state index is 13.9. The quantitative estimate of drug-likeness (QED) is 0.448. The van der Waals surface area contributed by atoms with Crippen LogP contribution in [-0.4, -0.2) is 24.0 Å². The number of anilines is 1. The number of nitrogens with zero attached hydrogens (tertiary/aromatic N) is 2. The van der Waals surface area contributed by atoms with Crippen molar-refractivity contribution in [2.75, 3.05) is 11.9 Å². The number of aliphatic imine (C=N–C) groups is 1. The van der Waals surface area contributed by atoms with Crippen LogP contribution in [0.1, 0.15) is 39.7 Å². The summed E-state index contributed by atoms with van der Waals surface area (Å²) >= 11 is 0. The van der Waals surface area contributed by atoms with Gasteiger partial charge < -0.3 is 19.2 Å². The lowest BCUT2D eigenvalue weighted by Gasteiger charge is -2.27. The van der Waals surface area contributed by atoms with E-state index in [-0.39, 0.29) is 22.7 Å². The second-order valence-corrected chi connectivity index (χ2v) is 9.48. The third kappa shape index (κ3) is 2.93. The first kappa shape index (κ1) is 22.2. The van der Waals surface area contributed by atoms with Gasteiger partial charge in [-0.1, -0.05) is 48.0 Å². The van der Waals surface area contributed by atoms with E-state index < -0.39 is 17.6 Å². The molecule has 4 aromatic rings. The monoisotopic (exact) mass is 480 g/mol. The number of ether oxygens (including phenoxy) is 1. The van der Waals surface area contributed by atoms with E-state index in [0.717, 1.165) is 16.7 Å². The molecule has 3 aromatic carbocycles. The number of hydrogen-bond donors (Lipinski definition) is 1. The van der Waals surface area contributed by atoms with Crippen LogP contribution < -0.4 is 10.3 Å². The van der Waals surface area contributed by atoms with Gasteiger partial charge in [-0.15, -0.1) is 0 Å². The molecule has 36 heavy (non-hydrogen) atoms. The summed E-state index contributed by atoms with van der Waals surface area (Å²) in [6, 6.07) is 18.1. The van der Waals surface area contributed by atoms with Crippen LogP contribution in [0.5, 0.6) is 0 Å². The van der Waals surface area contributed by atoms with Gasteiger partial charge in [0.1, 0.15) is 5.58 Å². The minimum atomic E-state index is -2.13. The highest BCUT2D eigenvalue weighted by Crippen LogP contribution is 2.51. The number of para-hydroxylation sites is 2. The van der Waals surface area contributed by atoms with Crippen molar-refractivity contribution in [3.05, 3.63) is 104 Å². The van der Waals surface area contributed by atoms with Crippen molar-refractivity contribution in [3.8, 4) is 0 Å². The lowest BCUT2D eigenvalue weighted by atomic mass is 9.85. The molecule has 7 nitrogen and oxygen atoms in total. The maximum Gasteiger partial charge on any atom is 0.267 e. The zero-order valence-corrected chi connectivity index (χ0v) is 20.3. The molecule has 6 rings (SSSR count). The first-order valence-corrected chi connectivity index (χ1v) is 11.7. The van der Waals surface area contributed by atoms with Gasteiger partial charge in [-0.2, -0.15) is 0 Å². The molecule has 180 valence electrons. The van der Waals surface area contributed by atoms with Crippen LogP contribution in [-0.2, 0) is 15.1 Å². The van der Waals surface area contributed by atoms with Crippen molar-refractivity contribution < 1.29 is 19.1 Å². The fourth-order valence-corrected chi connectivity index (χ4v) is 5.22. The van der Waals surface area contributed by atoms with E-state index in [0.29, 0.717) is 27.9 Å². The average molecular weight is 481 g/mol. The molecule has 0 unspecified atom stereocenters. The first-order valence-electron chi connectivity index (χ1n) is 11.7. The number of amides is 1. The lowest BCUT2D eigenvalue weighted by Crippen LogP contribution is -2.44. The Hall–Kier alpha value is -4.23. The summed E-state index contributed by atoms with van der Waals surface area (Å²) in [7, 11) is 1.59. The van der Waals surface area contributed by atoms with Gasteiger partial charge in [0.15, 0.2) is 11.9 Å². The summed E-state index contributed by atoms with van der Waals surface area (Å²) in [6.07, 6.45) is -1.34. The predicted octanol–water partition coefficient (Wildman–Crippen LogP) is 4.73. The van der Waals surface area contributed by atoms with Crippen molar-refractivity contribution in [1.29, 1.82) is 0 Å². The Labute approximate surface area is 207 Å². The second-order valence-electron chi connectivity index (χ2n) is 9.48. The zero-order valence-electron chi connectivity index (χ0n) is 20.3. The van der Waals surface area contributed by atoms with E-state index in [9.17, 15) is 14.7 Å². The normalized spacial score (nSPS) is 21.7. The van der Waals surface area contributed by atoms with Gasteiger partial charge in [-0.05, 0) is 50.1 Å². The van der Waals surface area contributed by atoms with E-state index in [4.69, 9.17) is 14.1 Å². The third-order valence-electron chi connectivity index (χ3n) is 7.11.